The summed E-state index contributed by atoms with van der Waals surface area (Å²) in [5.74, 6) is 0. The normalized spacial score (nSPS) is 16.5. The van der Waals surface area contributed by atoms with E-state index in [-0.39, 0.29) is 0 Å². The monoisotopic (exact) mass is 333 g/mol. The minimum absolute atomic E-state index is 0.366. The van der Waals surface area contributed by atoms with Gasteiger partial charge in [0, 0.05) is 46.0 Å². The zero-order valence-corrected chi connectivity index (χ0v) is 14.6. The second-order valence-corrected chi connectivity index (χ2v) is 7.29. The van der Waals surface area contributed by atoms with Crippen LogP contribution in [0.1, 0.15) is 24.1 Å². The molecule has 4 rings (SSSR count). The third kappa shape index (κ3) is 2.31. The van der Waals surface area contributed by atoms with Crippen molar-refractivity contribution in [2.45, 2.75) is 13.0 Å². The van der Waals surface area contributed by atoms with Crippen molar-refractivity contribution in [3.05, 3.63) is 66.5 Å². The predicted octanol–water partition coefficient (Wildman–Crippen LogP) is 5.04. The summed E-state index contributed by atoms with van der Waals surface area (Å²) in [7, 11) is 2.10. The Balaban J connectivity index is 1.73. The van der Waals surface area contributed by atoms with Crippen LogP contribution in [0, 0.1) is 0 Å². The van der Waals surface area contributed by atoms with E-state index in [1.807, 2.05) is 12.3 Å². The molecule has 0 aliphatic carbocycles. The van der Waals surface area contributed by atoms with E-state index >= 15 is 0 Å². The summed E-state index contributed by atoms with van der Waals surface area (Å²) >= 11 is 1.76. The summed E-state index contributed by atoms with van der Waals surface area (Å²) < 4.78 is 0. The Labute approximate surface area is 146 Å². The summed E-state index contributed by atoms with van der Waals surface area (Å²) in [5.41, 5.74) is 12.5. The van der Waals surface area contributed by atoms with E-state index in [1.165, 1.54) is 26.4 Å². The molecule has 1 atom stereocenters. The molecule has 2 N–H and O–H groups in total. The molecule has 1 unspecified atom stereocenters. The van der Waals surface area contributed by atoms with Crippen LogP contribution in [-0.4, -0.2) is 16.9 Å². The van der Waals surface area contributed by atoms with Crippen molar-refractivity contribution in [3.8, 4) is 20.9 Å². The van der Waals surface area contributed by atoms with Gasteiger partial charge in [-0.3, -0.25) is 4.98 Å². The van der Waals surface area contributed by atoms with Gasteiger partial charge in [-0.05, 0) is 42.3 Å². The second-order valence-electron chi connectivity index (χ2n) is 6.21. The van der Waals surface area contributed by atoms with Crippen molar-refractivity contribution in [2.75, 3.05) is 12.8 Å². The van der Waals surface area contributed by atoms with Crippen molar-refractivity contribution in [3.63, 3.8) is 0 Å². The van der Waals surface area contributed by atoms with Gasteiger partial charge in [0.1, 0.15) is 0 Å². The van der Waals surface area contributed by atoms with Gasteiger partial charge in [-0.25, -0.2) is 0 Å². The molecular weight excluding hydrogens is 314 g/mol. The Morgan fingerprint density at radius 1 is 1.08 bits per heavy atom. The Kier molecular flexibility index (Phi) is 3.43. The number of benzene rings is 1. The number of nitrogen functional groups attached to an aromatic ring is 1. The van der Waals surface area contributed by atoms with Crippen molar-refractivity contribution in [1.82, 2.24) is 9.88 Å². The average molecular weight is 333 g/mol. The number of anilines is 1. The number of fused-ring (bicyclic) bond motifs is 1. The van der Waals surface area contributed by atoms with Crippen LogP contribution in [0.15, 0.2) is 55.4 Å². The highest BCUT2D eigenvalue weighted by atomic mass is 32.1. The standard InChI is InChI=1S/C20H19N3S/c1-12-17-5-4-14(9-18(17)13(2)23(12)3)19-6-7-20(24-19)15-8-16(21)11-22-10-15/h4-11,13H,1,21H2,2-3H3. The van der Waals surface area contributed by atoms with Crippen LogP contribution in [0.4, 0.5) is 5.69 Å². The molecule has 0 saturated heterocycles. The van der Waals surface area contributed by atoms with Crippen LogP contribution in [0.2, 0.25) is 0 Å². The molecule has 2 aromatic heterocycles. The SMILES string of the molecule is C=C1c2ccc(-c3ccc(-c4cncc(N)c4)s3)cc2C(C)N1C. The molecular formula is C20H19N3S. The van der Waals surface area contributed by atoms with Gasteiger partial charge in [-0.2, -0.15) is 0 Å². The Bertz CT molecular complexity index is 942. The van der Waals surface area contributed by atoms with Gasteiger partial charge in [0.2, 0.25) is 0 Å². The highest BCUT2D eigenvalue weighted by Crippen LogP contribution is 2.42. The molecule has 24 heavy (non-hydrogen) atoms. The Hall–Kier alpha value is -2.59. The first-order chi connectivity index (χ1) is 11.5. The number of aromatic nitrogens is 1. The van der Waals surface area contributed by atoms with E-state index < -0.39 is 0 Å². The largest absolute Gasteiger partial charge is 0.397 e. The average Bonchev–Trinajstić information content (AvgIpc) is 3.16. The summed E-state index contributed by atoms with van der Waals surface area (Å²) in [4.78, 5) is 8.84. The lowest BCUT2D eigenvalue weighted by Gasteiger charge is -2.18. The van der Waals surface area contributed by atoms with Gasteiger partial charge >= 0.3 is 0 Å². The third-order valence-corrected chi connectivity index (χ3v) is 5.94. The minimum Gasteiger partial charge on any atom is -0.397 e. The number of nitrogens with zero attached hydrogens (tertiary/aromatic N) is 2. The molecule has 0 amide bonds. The predicted molar refractivity (Wildman–Crippen MR) is 103 cm³/mol. The molecule has 0 spiro atoms. The quantitative estimate of drug-likeness (QED) is 0.714. The van der Waals surface area contributed by atoms with Crippen molar-refractivity contribution in [1.29, 1.82) is 0 Å². The number of thiophene rings is 1. The topological polar surface area (TPSA) is 42.1 Å². The first-order valence-electron chi connectivity index (χ1n) is 7.92. The minimum atomic E-state index is 0.366. The van der Waals surface area contributed by atoms with Crippen molar-refractivity contribution < 1.29 is 0 Å². The Morgan fingerprint density at radius 3 is 2.58 bits per heavy atom. The fourth-order valence-corrected chi connectivity index (χ4v) is 4.18. The number of hydrogen-bond donors (Lipinski definition) is 1. The fourth-order valence-electron chi connectivity index (χ4n) is 3.20. The lowest BCUT2D eigenvalue weighted by atomic mass is 10.0. The first-order valence-corrected chi connectivity index (χ1v) is 8.73. The van der Waals surface area contributed by atoms with E-state index in [9.17, 15) is 0 Å². The molecule has 0 bridgehead atoms. The number of hydrogen-bond acceptors (Lipinski definition) is 4. The van der Waals surface area contributed by atoms with E-state index in [4.69, 9.17) is 5.73 Å². The molecule has 1 aromatic carbocycles. The van der Waals surface area contributed by atoms with Gasteiger partial charge in [-0.1, -0.05) is 18.7 Å². The molecule has 1 aliphatic heterocycles. The van der Waals surface area contributed by atoms with Crippen molar-refractivity contribution >= 4 is 22.7 Å². The number of pyridine rings is 1. The van der Waals surface area contributed by atoms with Crippen LogP contribution < -0.4 is 5.73 Å². The Morgan fingerprint density at radius 2 is 1.83 bits per heavy atom. The van der Waals surface area contributed by atoms with Crippen LogP contribution in [-0.2, 0) is 0 Å². The summed E-state index contributed by atoms with van der Waals surface area (Å²) in [6.07, 6.45) is 3.53. The van der Waals surface area contributed by atoms with Gasteiger partial charge in [0.25, 0.3) is 0 Å². The molecule has 0 saturated carbocycles. The molecule has 3 nitrogen and oxygen atoms in total. The molecule has 4 heteroatoms. The molecule has 120 valence electrons. The van der Waals surface area contributed by atoms with Crippen molar-refractivity contribution in [2.24, 2.45) is 0 Å². The maximum absolute atomic E-state index is 5.85. The highest BCUT2D eigenvalue weighted by molar-refractivity contribution is 7.18. The van der Waals surface area contributed by atoms with E-state index in [0.717, 1.165) is 11.3 Å². The summed E-state index contributed by atoms with van der Waals surface area (Å²) in [5, 5.41) is 0. The van der Waals surface area contributed by atoms with Crippen LogP contribution in [0.5, 0.6) is 0 Å². The van der Waals surface area contributed by atoms with E-state index in [2.05, 4.69) is 60.8 Å². The lowest BCUT2D eigenvalue weighted by molar-refractivity contribution is 0.405. The van der Waals surface area contributed by atoms with Gasteiger partial charge in [-0.15, -0.1) is 11.3 Å². The van der Waals surface area contributed by atoms with Crippen LogP contribution in [0.25, 0.3) is 26.6 Å². The van der Waals surface area contributed by atoms with E-state index in [0.29, 0.717) is 11.7 Å². The van der Waals surface area contributed by atoms with Crippen LogP contribution in [0.3, 0.4) is 0 Å². The zero-order chi connectivity index (χ0) is 16.8. The van der Waals surface area contributed by atoms with Gasteiger partial charge < -0.3 is 10.6 Å². The number of rotatable bonds is 2. The van der Waals surface area contributed by atoms with E-state index in [1.54, 1.807) is 17.5 Å². The number of nitrogens with two attached hydrogens (primary N) is 1. The molecule has 0 radical (unpaired) electrons. The molecule has 3 aromatic rings. The molecule has 0 fully saturated rings. The molecule has 1 aliphatic rings. The smallest absolute Gasteiger partial charge is 0.0517 e. The maximum Gasteiger partial charge on any atom is 0.0517 e. The second kappa shape index (κ2) is 5.49. The highest BCUT2D eigenvalue weighted by Gasteiger charge is 2.26. The summed E-state index contributed by atoms with van der Waals surface area (Å²) in [6, 6.07) is 13.3. The maximum atomic E-state index is 5.85. The fraction of sp³-hybridized carbons (Fsp3) is 0.150. The lowest BCUT2D eigenvalue weighted by Crippen LogP contribution is -2.11. The van der Waals surface area contributed by atoms with Crippen LogP contribution >= 0.6 is 11.3 Å². The summed E-state index contributed by atoms with van der Waals surface area (Å²) in [6.45, 7) is 6.41. The van der Waals surface area contributed by atoms with Gasteiger partial charge in [0.05, 0.1) is 11.7 Å². The first kappa shape index (κ1) is 15.0. The zero-order valence-electron chi connectivity index (χ0n) is 13.8. The third-order valence-electron chi connectivity index (χ3n) is 4.75. The van der Waals surface area contributed by atoms with Gasteiger partial charge in [0.15, 0.2) is 0 Å². The molecule has 3 heterocycles.